The topological polar surface area (TPSA) is 72.8 Å². The number of hydrogen-bond acceptors (Lipinski definition) is 4. The Hall–Kier alpha value is -3.03. The lowest BCUT2D eigenvalue weighted by Crippen LogP contribution is -2.41. The van der Waals surface area contributed by atoms with Crippen LogP contribution in [0.15, 0.2) is 48.7 Å². The lowest BCUT2D eigenvalue weighted by Gasteiger charge is -2.31. The highest BCUT2D eigenvalue weighted by atomic mass is 35.5. The molecule has 4 rings (SSSR count). The summed E-state index contributed by atoms with van der Waals surface area (Å²) in [6.45, 7) is 2.44. The van der Waals surface area contributed by atoms with E-state index in [1.54, 1.807) is 30.2 Å². The second kappa shape index (κ2) is 10.3. The minimum absolute atomic E-state index is 0.0133. The molecule has 1 aliphatic heterocycles. The van der Waals surface area contributed by atoms with Gasteiger partial charge in [-0.2, -0.15) is 0 Å². The lowest BCUT2D eigenvalue weighted by molar-refractivity contribution is -0.121. The second-order valence-corrected chi connectivity index (χ2v) is 8.61. The predicted octanol–water partition coefficient (Wildman–Crippen LogP) is 4.44. The van der Waals surface area contributed by atoms with E-state index in [0.29, 0.717) is 48.9 Å². The van der Waals surface area contributed by atoms with E-state index in [1.165, 1.54) is 7.11 Å². The van der Waals surface area contributed by atoms with Crippen LogP contribution in [0.3, 0.4) is 0 Å². The van der Waals surface area contributed by atoms with E-state index in [1.807, 2.05) is 30.5 Å². The number of benzene rings is 2. The SMILES string of the molecule is COCCn1ccc2cc(NC(=O)C3CCN(C(=O)c4cc(Cl)ccc4OC)CC3)ccc21. The molecule has 33 heavy (non-hydrogen) atoms. The normalized spacial score (nSPS) is 14.5. The fourth-order valence-electron chi connectivity index (χ4n) is 4.27. The Balaban J connectivity index is 1.36. The molecule has 2 aromatic carbocycles. The average molecular weight is 470 g/mol. The van der Waals surface area contributed by atoms with Gasteiger partial charge in [-0.05, 0) is 55.3 Å². The zero-order chi connectivity index (χ0) is 23.4. The minimum Gasteiger partial charge on any atom is -0.496 e. The number of aromatic nitrogens is 1. The molecule has 0 aliphatic carbocycles. The van der Waals surface area contributed by atoms with Crippen LogP contribution in [-0.2, 0) is 16.1 Å². The summed E-state index contributed by atoms with van der Waals surface area (Å²) in [5.41, 5.74) is 2.33. The number of hydrogen-bond donors (Lipinski definition) is 1. The number of fused-ring (bicyclic) bond motifs is 1. The third-order valence-electron chi connectivity index (χ3n) is 6.12. The highest BCUT2D eigenvalue weighted by Gasteiger charge is 2.29. The third-order valence-corrected chi connectivity index (χ3v) is 6.35. The molecule has 2 amide bonds. The summed E-state index contributed by atoms with van der Waals surface area (Å²) in [6, 6.07) is 13.0. The van der Waals surface area contributed by atoms with Gasteiger partial charge in [-0.1, -0.05) is 11.6 Å². The molecule has 7 nitrogen and oxygen atoms in total. The van der Waals surface area contributed by atoms with Crippen LogP contribution >= 0.6 is 11.6 Å². The molecule has 0 saturated carbocycles. The molecule has 1 aromatic heterocycles. The van der Waals surface area contributed by atoms with Gasteiger partial charge in [0.2, 0.25) is 5.91 Å². The zero-order valence-electron chi connectivity index (χ0n) is 18.8. The van der Waals surface area contributed by atoms with E-state index >= 15 is 0 Å². The summed E-state index contributed by atoms with van der Waals surface area (Å²) in [5.74, 6) is 0.213. The molecule has 0 atom stereocenters. The molecule has 0 bridgehead atoms. The van der Waals surface area contributed by atoms with Gasteiger partial charge >= 0.3 is 0 Å². The summed E-state index contributed by atoms with van der Waals surface area (Å²) in [7, 11) is 3.22. The van der Waals surface area contributed by atoms with E-state index in [-0.39, 0.29) is 17.7 Å². The van der Waals surface area contributed by atoms with Crippen molar-refractivity contribution in [3.8, 4) is 5.75 Å². The fourth-order valence-corrected chi connectivity index (χ4v) is 4.44. The van der Waals surface area contributed by atoms with Crippen LogP contribution in [0.2, 0.25) is 5.02 Å². The average Bonchev–Trinajstić information content (AvgIpc) is 3.24. The molecule has 174 valence electrons. The van der Waals surface area contributed by atoms with E-state index in [2.05, 4.69) is 9.88 Å². The number of nitrogens with zero attached hydrogens (tertiary/aromatic N) is 2. The van der Waals surface area contributed by atoms with Crippen LogP contribution in [0, 0.1) is 5.92 Å². The highest BCUT2D eigenvalue weighted by molar-refractivity contribution is 6.31. The molecule has 1 fully saturated rings. The summed E-state index contributed by atoms with van der Waals surface area (Å²) >= 11 is 6.07. The van der Waals surface area contributed by atoms with E-state index in [4.69, 9.17) is 21.1 Å². The number of carbonyl (C=O) groups excluding carboxylic acids is 2. The van der Waals surface area contributed by atoms with Gasteiger partial charge in [-0.3, -0.25) is 9.59 Å². The molecule has 1 N–H and O–H groups in total. The van der Waals surface area contributed by atoms with Gasteiger partial charge in [0.25, 0.3) is 5.91 Å². The Labute approximate surface area is 198 Å². The Morgan fingerprint density at radius 3 is 2.61 bits per heavy atom. The Morgan fingerprint density at radius 1 is 1.09 bits per heavy atom. The van der Waals surface area contributed by atoms with Crippen LogP contribution < -0.4 is 10.1 Å². The largest absolute Gasteiger partial charge is 0.496 e. The van der Waals surface area contributed by atoms with Crippen molar-refractivity contribution in [3.05, 3.63) is 59.2 Å². The minimum atomic E-state index is -0.141. The maximum atomic E-state index is 13.0. The van der Waals surface area contributed by atoms with Gasteiger partial charge in [0, 0.05) is 60.5 Å². The summed E-state index contributed by atoms with van der Waals surface area (Å²) in [5, 5.41) is 4.60. The van der Waals surface area contributed by atoms with Gasteiger partial charge in [0.05, 0.1) is 19.3 Å². The van der Waals surface area contributed by atoms with Crippen LogP contribution in [0.5, 0.6) is 5.75 Å². The maximum Gasteiger partial charge on any atom is 0.257 e. The first-order chi connectivity index (χ1) is 16.0. The lowest BCUT2D eigenvalue weighted by atomic mass is 9.95. The first-order valence-corrected chi connectivity index (χ1v) is 11.4. The number of ether oxygens (including phenoxy) is 2. The molecular formula is C25H28ClN3O4. The first-order valence-electron chi connectivity index (χ1n) is 11.0. The molecule has 8 heteroatoms. The van der Waals surface area contributed by atoms with Crippen molar-refractivity contribution in [1.82, 2.24) is 9.47 Å². The smallest absolute Gasteiger partial charge is 0.257 e. The quantitative estimate of drug-likeness (QED) is 0.555. The van der Waals surface area contributed by atoms with Gasteiger partial charge in [0.1, 0.15) is 5.75 Å². The Kier molecular flexibility index (Phi) is 7.20. The summed E-state index contributed by atoms with van der Waals surface area (Å²) in [4.78, 5) is 27.6. The van der Waals surface area contributed by atoms with Crippen molar-refractivity contribution in [2.75, 3.05) is 39.2 Å². The van der Waals surface area contributed by atoms with Crippen molar-refractivity contribution >= 4 is 40.0 Å². The number of carbonyl (C=O) groups is 2. The number of likely N-dealkylation sites (tertiary alicyclic amines) is 1. The molecular weight excluding hydrogens is 442 g/mol. The van der Waals surface area contributed by atoms with E-state index in [9.17, 15) is 9.59 Å². The van der Waals surface area contributed by atoms with Gasteiger partial charge in [-0.25, -0.2) is 0 Å². The predicted molar refractivity (Wildman–Crippen MR) is 129 cm³/mol. The summed E-state index contributed by atoms with van der Waals surface area (Å²) < 4.78 is 12.6. The molecule has 0 spiro atoms. The maximum absolute atomic E-state index is 13.0. The Bertz CT molecular complexity index is 1150. The van der Waals surface area contributed by atoms with Crippen LogP contribution in [0.4, 0.5) is 5.69 Å². The number of anilines is 1. The molecule has 2 heterocycles. The van der Waals surface area contributed by atoms with Crippen LogP contribution in [0.25, 0.3) is 10.9 Å². The third kappa shape index (κ3) is 5.15. The Morgan fingerprint density at radius 2 is 1.88 bits per heavy atom. The molecule has 1 saturated heterocycles. The van der Waals surface area contributed by atoms with Crippen molar-refractivity contribution in [1.29, 1.82) is 0 Å². The number of rotatable bonds is 7. The number of halogens is 1. The number of nitrogens with one attached hydrogen (secondary N) is 1. The van der Waals surface area contributed by atoms with Crippen molar-refractivity contribution in [2.45, 2.75) is 19.4 Å². The number of piperidine rings is 1. The number of methoxy groups -OCH3 is 2. The van der Waals surface area contributed by atoms with Crippen molar-refractivity contribution < 1.29 is 19.1 Å². The van der Waals surface area contributed by atoms with Crippen LogP contribution in [0.1, 0.15) is 23.2 Å². The number of amides is 2. The van der Waals surface area contributed by atoms with Crippen LogP contribution in [-0.4, -0.2) is 55.2 Å². The molecule has 0 unspecified atom stereocenters. The van der Waals surface area contributed by atoms with Crippen molar-refractivity contribution in [3.63, 3.8) is 0 Å². The highest BCUT2D eigenvalue weighted by Crippen LogP contribution is 2.27. The fraction of sp³-hybridized carbons (Fsp3) is 0.360. The first kappa shape index (κ1) is 23.1. The molecule has 0 radical (unpaired) electrons. The van der Waals surface area contributed by atoms with Gasteiger partial charge in [-0.15, -0.1) is 0 Å². The summed E-state index contributed by atoms with van der Waals surface area (Å²) in [6.07, 6.45) is 3.24. The van der Waals surface area contributed by atoms with E-state index < -0.39 is 0 Å². The van der Waals surface area contributed by atoms with Crippen molar-refractivity contribution in [2.24, 2.45) is 5.92 Å². The van der Waals surface area contributed by atoms with Gasteiger partial charge in [0.15, 0.2) is 0 Å². The monoisotopic (exact) mass is 469 g/mol. The van der Waals surface area contributed by atoms with E-state index in [0.717, 1.165) is 23.1 Å². The zero-order valence-corrected chi connectivity index (χ0v) is 19.6. The second-order valence-electron chi connectivity index (χ2n) is 8.18. The molecule has 1 aliphatic rings. The molecule has 3 aromatic rings. The van der Waals surface area contributed by atoms with Gasteiger partial charge < -0.3 is 24.3 Å². The standard InChI is InChI=1S/C25H28ClN3O4/c1-32-14-13-28-10-9-18-15-20(4-5-22(18)28)27-24(30)17-7-11-29(12-8-17)25(31)21-16-19(26)3-6-23(21)33-2/h3-6,9-10,15-17H,7-8,11-14H2,1-2H3,(H,27,30).